The highest BCUT2D eigenvalue weighted by Crippen LogP contribution is 2.34. The van der Waals surface area contributed by atoms with E-state index in [-0.39, 0.29) is 30.3 Å². The fourth-order valence-electron chi connectivity index (χ4n) is 5.20. The molecule has 1 fully saturated rings. The summed E-state index contributed by atoms with van der Waals surface area (Å²) in [6, 6.07) is 25.7. The molecule has 7 heteroatoms. The number of hydrogen-bond donors (Lipinski definition) is 1. The van der Waals surface area contributed by atoms with Crippen molar-refractivity contribution in [2.24, 2.45) is 0 Å². The van der Waals surface area contributed by atoms with Crippen molar-refractivity contribution in [3.05, 3.63) is 113 Å². The molecule has 2 atom stereocenters. The van der Waals surface area contributed by atoms with E-state index in [2.05, 4.69) is 27.3 Å². The van der Waals surface area contributed by atoms with Crippen LogP contribution in [0.2, 0.25) is 5.02 Å². The molecule has 0 spiro atoms. The topological polar surface area (TPSA) is 65.5 Å². The van der Waals surface area contributed by atoms with Crippen molar-refractivity contribution in [2.75, 3.05) is 26.7 Å². The predicted molar refractivity (Wildman–Crippen MR) is 147 cm³/mol. The second kappa shape index (κ2) is 11.1. The summed E-state index contributed by atoms with van der Waals surface area (Å²) in [4.78, 5) is 34.9. The van der Waals surface area contributed by atoms with Gasteiger partial charge in [-0.2, -0.15) is 0 Å². The summed E-state index contributed by atoms with van der Waals surface area (Å²) in [5.74, 6) is -0.118. The lowest BCUT2D eigenvalue weighted by molar-refractivity contribution is -0.122. The zero-order valence-electron chi connectivity index (χ0n) is 20.7. The van der Waals surface area contributed by atoms with Gasteiger partial charge in [-0.1, -0.05) is 78.3 Å². The maximum atomic E-state index is 13.7. The summed E-state index contributed by atoms with van der Waals surface area (Å²) in [5, 5.41) is 5.26. The van der Waals surface area contributed by atoms with Crippen molar-refractivity contribution in [3.63, 3.8) is 0 Å². The first-order chi connectivity index (χ1) is 18.0. The van der Waals surface area contributed by atoms with Crippen LogP contribution < -0.4 is 5.32 Å². The Kier molecular flexibility index (Phi) is 7.49. The molecule has 37 heavy (non-hydrogen) atoms. The number of benzene rings is 3. The third kappa shape index (κ3) is 5.36. The number of piperazine rings is 1. The van der Waals surface area contributed by atoms with Crippen LogP contribution in [0.3, 0.4) is 0 Å². The third-order valence-electron chi connectivity index (χ3n) is 7.05. The molecule has 0 unspecified atom stereocenters. The highest BCUT2D eigenvalue weighted by atomic mass is 35.5. The predicted octanol–water partition coefficient (Wildman–Crippen LogP) is 4.94. The zero-order valence-corrected chi connectivity index (χ0v) is 21.4. The van der Waals surface area contributed by atoms with E-state index in [1.165, 1.54) is 0 Å². The van der Waals surface area contributed by atoms with Gasteiger partial charge in [-0.3, -0.25) is 19.5 Å². The number of nitrogens with one attached hydrogen (secondary N) is 1. The summed E-state index contributed by atoms with van der Waals surface area (Å²) in [6.07, 6.45) is 3.70. The van der Waals surface area contributed by atoms with Gasteiger partial charge >= 0.3 is 0 Å². The van der Waals surface area contributed by atoms with Crippen LogP contribution in [0.1, 0.15) is 33.9 Å². The molecule has 0 bridgehead atoms. The van der Waals surface area contributed by atoms with Crippen molar-refractivity contribution in [2.45, 2.75) is 18.5 Å². The van der Waals surface area contributed by atoms with Gasteiger partial charge in [-0.05, 0) is 28.6 Å². The van der Waals surface area contributed by atoms with Gasteiger partial charge in [0.05, 0.1) is 11.6 Å². The first kappa shape index (κ1) is 24.9. The Balaban J connectivity index is 1.49. The van der Waals surface area contributed by atoms with E-state index in [1.54, 1.807) is 19.4 Å². The molecule has 1 aromatic heterocycles. The Bertz CT molecular complexity index is 1390. The normalized spacial score (nSPS) is 16.9. The van der Waals surface area contributed by atoms with Crippen LogP contribution in [0.4, 0.5) is 0 Å². The lowest BCUT2D eigenvalue weighted by Crippen LogP contribution is -2.56. The zero-order chi connectivity index (χ0) is 25.8. The summed E-state index contributed by atoms with van der Waals surface area (Å²) >= 11 is 6.20. The maximum Gasteiger partial charge on any atom is 0.256 e. The quantitative estimate of drug-likeness (QED) is 0.397. The van der Waals surface area contributed by atoms with Crippen LogP contribution in [0.5, 0.6) is 0 Å². The molecule has 1 aliphatic heterocycles. The monoisotopic (exact) mass is 512 g/mol. The van der Waals surface area contributed by atoms with E-state index < -0.39 is 0 Å². The molecule has 4 aromatic rings. The summed E-state index contributed by atoms with van der Waals surface area (Å²) in [6.45, 7) is 1.60. The van der Waals surface area contributed by atoms with E-state index in [1.807, 2.05) is 71.6 Å². The number of nitrogens with zero attached hydrogens (tertiary/aromatic N) is 3. The van der Waals surface area contributed by atoms with Gasteiger partial charge in [-0.15, -0.1) is 0 Å². The molecule has 1 saturated heterocycles. The Morgan fingerprint density at radius 1 is 0.946 bits per heavy atom. The molecule has 3 aromatic carbocycles. The molecular formula is C30H29ClN4O2. The third-order valence-corrected chi connectivity index (χ3v) is 7.30. The average molecular weight is 513 g/mol. The summed E-state index contributed by atoms with van der Waals surface area (Å²) in [7, 11) is 1.65. The van der Waals surface area contributed by atoms with Gasteiger partial charge in [0, 0.05) is 61.9 Å². The van der Waals surface area contributed by atoms with Crippen molar-refractivity contribution in [1.29, 1.82) is 0 Å². The second-order valence-corrected chi connectivity index (χ2v) is 9.73. The number of rotatable bonds is 6. The lowest BCUT2D eigenvalue weighted by atomic mass is 9.93. The Hall–Kier alpha value is -3.74. The minimum absolute atomic E-state index is 0.0564. The highest BCUT2D eigenvalue weighted by Gasteiger charge is 2.36. The second-order valence-electron chi connectivity index (χ2n) is 9.29. The average Bonchev–Trinajstić information content (AvgIpc) is 2.94. The molecule has 1 aliphatic rings. The van der Waals surface area contributed by atoms with E-state index in [0.717, 1.165) is 21.9 Å². The Morgan fingerprint density at radius 2 is 1.65 bits per heavy atom. The van der Waals surface area contributed by atoms with Gasteiger partial charge in [0.25, 0.3) is 5.91 Å². The number of carbonyl (C=O) groups excluding carboxylic acids is 2. The summed E-state index contributed by atoms with van der Waals surface area (Å²) < 4.78 is 0. The standard InChI is InChI=1S/C30H29ClN4O2/c1-32-28(36)17-25-20-34(30(37)27-19-33-18-23-9-5-6-10-26(23)27)15-16-35(25)29(21-7-3-2-4-8-21)22-11-13-24(31)14-12-22/h2-14,18-19,25,29H,15-17,20H2,1H3,(H,32,36)/t25-,29-/m1/s1. The minimum Gasteiger partial charge on any atom is -0.359 e. The van der Waals surface area contributed by atoms with Gasteiger partial charge in [0.1, 0.15) is 0 Å². The number of hydrogen-bond acceptors (Lipinski definition) is 4. The smallest absolute Gasteiger partial charge is 0.256 e. The van der Waals surface area contributed by atoms with Crippen LogP contribution >= 0.6 is 11.6 Å². The van der Waals surface area contributed by atoms with Gasteiger partial charge < -0.3 is 10.2 Å². The van der Waals surface area contributed by atoms with Crippen LogP contribution in [0, 0.1) is 0 Å². The number of fused-ring (bicyclic) bond motifs is 1. The van der Waals surface area contributed by atoms with Gasteiger partial charge in [-0.25, -0.2) is 0 Å². The Morgan fingerprint density at radius 3 is 2.41 bits per heavy atom. The largest absolute Gasteiger partial charge is 0.359 e. The molecule has 5 rings (SSSR count). The molecule has 1 N–H and O–H groups in total. The molecule has 2 amide bonds. The highest BCUT2D eigenvalue weighted by molar-refractivity contribution is 6.30. The SMILES string of the molecule is CNC(=O)C[C@@H]1CN(C(=O)c2cncc3ccccc23)CCN1[C@H](c1ccccc1)c1ccc(Cl)cc1. The first-order valence-corrected chi connectivity index (χ1v) is 12.8. The summed E-state index contributed by atoms with van der Waals surface area (Å²) in [5.41, 5.74) is 2.81. The van der Waals surface area contributed by atoms with Crippen LogP contribution in [0.25, 0.3) is 10.8 Å². The molecule has 2 heterocycles. The van der Waals surface area contributed by atoms with E-state index in [0.29, 0.717) is 30.2 Å². The molecule has 0 aliphatic carbocycles. The lowest BCUT2D eigenvalue weighted by Gasteiger charge is -2.45. The Labute approximate surface area is 221 Å². The fraction of sp³-hybridized carbons (Fsp3) is 0.233. The number of aromatic nitrogens is 1. The molecule has 188 valence electrons. The van der Waals surface area contributed by atoms with E-state index in [4.69, 9.17) is 11.6 Å². The first-order valence-electron chi connectivity index (χ1n) is 12.4. The number of amides is 2. The fourth-order valence-corrected chi connectivity index (χ4v) is 5.33. The molecular weight excluding hydrogens is 484 g/mol. The number of halogens is 1. The van der Waals surface area contributed by atoms with Crippen molar-refractivity contribution < 1.29 is 9.59 Å². The van der Waals surface area contributed by atoms with Crippen LogP contribution in [-0.2, 0) is 4.79 Å². The molecule has 6 nitrogen and oxygen atoms in total. The van der Waals surface area contributed by atoms with Crippen molar-refractivity contribution in [3.8, 4) is 0 Å². The maximum absolute atomic E-state index is 13.7. The molecule has 0 radical (unpaired) electrons. The molecule has 0 saturated carbocycles. The number of pyridine rings is 1. The van der Waals surface area contributed by atoms with Crippen LogP contribution in [-0.4, -0.2) is 59.3 Å². The van der Waals surface area contributed by atoms with Crippen molar-refractivity contribution in [1.82, 2.24) is 20.1 Å². The van der Waals surface area contributed by atoms with Gasteiger partial charge in [0.15, 0.2) is 0 Å². The van der Waals surface area contributed by atoms with Gasteiger partial charge in [0.2, 0.25) is 5.91 Å². The minimum atomic E-state index is -0.179. The van der Waals surface area contributed by atoms with Crippen molar-refractivity contribution >= 4 is 34.2 Å². The van der Waals surface area contributed by atoms with Crippen LogP contribution in [0.15, 0.2) is 91.3 Å². The van der Waals surface area contributed by atoms with E-state index in [9.17, 15) is 9.59 Å². The number of carbonyl (C=O) groups is 2. The van der Waals surface area contributed by atoms with E-state index >= 15 is 0 Å².